The fraction of sp³-hybridized carbons (Fsp3) is 0.346. The minimum absolute atomic E-state index is 0.0215. The van der Waals surface area contributed by atoms with Gasteiger partial charge in [0, 0.05) is 40.6 Å². The van der Waals surface area contributed by atoms with E-state index >= 15 is 0 Å². The summed E-state index contributed by atoms with van der Waals surface area (Å²) < 4.78 is 42.9. The molecule has 3 aromatic rings. The van der Waals surface area contributed by atoms with Crippen molar-refractivity contribution in [2.24, 2.45) is 0 Å². The second-order valence-electron chi connectivity index (χ2n) is 8.50. The zero-order chi connectivity index (χ0) is 25.7. The fourth-order valence-corrected chi connectivity index (χ4v) is 4.43. The van der Waals surface area contributed by atoms with Crippen molar-refractivity contribution in [3.63, 3.8) is 0 Å². The molecule has 4 rings (SSSR count). The van der Waals surface area contributed by atoms with Crippen LogP contribution < -0.4 is 14.2 Å². The van der Waals surface area contributed by atoms with Crippen LogP contribution in [0.15, 0.2) is 53.7 Å². The summed E-state index contributed by atoms with van der Waals surface area (Å²) in [5.41, 5.74) is 1.21. The van der Waals surface area contributed by atoms with Crippen molar-refractivity contribution in [1.29, 1.82) is 0 Å². The number of carbonyl (C=O) groups is 1. The predicted molar refractivity (Wildman–Crippen MR) is 133 cm³/mol. The van der Waals surface area contributed by atoms with Gasteiger partial charge in [0.15, 0.2) is 17.3 Å². The SMILES string of the molecule is COc1ccc(C(=O)CN2CCC(Oc3ncnc(Oc4ccc(S(C)=O)cc4F)c3C)CC2)cc1. The number of aromatic nitrogens is 2. The number of hydrogen-bond acceptors (Lipinski definition) is 8. The first-order valence-corrected chi connectivity index (χ1v) is 13.1. The topological polar surface area (TPSA) is 90.8 Å². The first-order valence-electron chi connectivity index (χ1n) is 11.5. The van der Waals surface area contributed by atoms with E-state index in [9.17, 15) is 13.4 Å². The smallest absolute Gasteiger partial charge is 0.229 e. The summed E-state index contributed by atoms with van der Waals surface area (Å²) in [5.74, 6) is 0.698. The summed E-state index contributed by atoms with van der Waals surface area (Å²) in [6, 6.07) is 11.3. The molecule has 0 N–H and O–H groups in total. The van der Waals surface area contributed by atoms with Crippen molar-refractivity contribution < 1.29 is 27.6 Å². The van der Waals surface area contributed by atoms with Crippen LogP contribution in [0.25, 0.3) is 0 Å². The van der Waals surface area contributed by atoms with E-state index in [4.69, 9.17) is 14.2 Å². The summed E-state index contributed by atoms with van der Waals surface area (Å²) in [6.07, 6.45) is 4.19. The monoisotopic (exact) mass is 513 g/mol. The molecule has 0 bridgehead atoms. The number of ketones is 1. The Balaban J connectivity index is 1.33. The second-order valence-corrected chi connectivity index (χ2v) is 9.88. The number of ether oxygens (including phenoxy) is 3. The van der Waals surface area contributed by atoms with Crippen LogP contribution in [0.1, 0.15) is 28.8 Å². The molecule has 0 radical (unpaired) electrons. The van der Waals surface area contributed by atoms with Gasteiger partial charge >= 0.3 is 0 Å². The Hall–Kier alpha value is -3.37. The Bertz CT molecular complexity index is 1250. The van der Waals surface area contributed by atoms with Gasteiger partial charge < -0.3 is 14.2 Å². The van der Waals surface area contributed by atoms with Gasteiger partial charge in [-0.2, -0.15) is 0 Å². The quantitative estimate of drug-likeness (QED) is 0.394. The van der Waals surface area contributed by atoms with Crippen molar-refractivity contribution in [1.82, 2.24) is 14.9 Å². The molecular formula is C26H28FN3O5S. The Morgan fingerprint density at radius 3 is 2.44 bits per heavy atom. The summed E-state index contributed by atoms with van der Waals surface area (Å²) >= 11 is 0. The average Bonchev–Trinajstić information content (AvgIpc) is 2.88. The Kier molecular flexibility index (Phi) is 8.27. The third kappa shape index (κ3) is 6.24. The largest absolute Gasteiger partial charge is 0.497 e. The van der Waals surface area contributed by atoms with Crippen molar-refractivity contribution in [3.05, 3.63) is 65.7 Å². The molecule has 10 heteroatoms. The minimum atomic E-state index is -1.29. The molecule has 36 heavy (non-hydrogen) atoms. The van der Waals surface area contributed by atoms with E-state index in [1.807, 2.05) is 0 Å². The van der Waals surface area contributed by atoms with Crippen LogP contribution in [0, 0.1) is 12.7 Å². The lowest BCUT2D eigenvalue weighted by Crippen LogP contribution is -2.41. The summed E-state index contributed by atoms with van der Waals surface area (Å²) in [5, 5.41) is 0. The van der Waals surface area contributed by atoms with Gasteiger partial charge in [-0.15, -0.1) is 0 Å². The van der Waals surface area contributed by atoms with Crippen LogP contribution in [-0.4, -0.2) is 64.0 Å². The zero-order valence-electron chi connectivity index (χ0n) is 20.4. The van der Waals surface area contributed by atoms with Crippen LogP contribution in [0.5, 0.6) is 23.3 Å². The van der Waals surface area contributed by atoms with Gasteiger partial charge in [-0.25, -0.2) is 14.4 Å². The number of nitrogens with zero attached hydrogens (tertiary/aromatic N) is 3. The van der Waals surface area contributed by atoms with Gasteiger partial charge in [0.2, 0.25) is 11.8 Å². The maximum absolute atomic E-state index is 14.4. The maximum Gasteiger partial charge on any atom is 0.229 e. The first kappa shape index (κ1) is 25.7. The molecule has 1 aliphatic rings. The summed E-state index contributed by atoms with van der Waals surface area (Å²) in [4.78, 5) is 23.4. The highest BCUT2D eigenvalue weighted by Crippen LogP contribution is 2.31. The molecule has 0 saturated carbocycles. The molecule has 1 saturated heterocycles. The normalized spacial score (nSPS) is 15.3. The number of Topliss-reactive ketones (excluding diaryl/α,β-unsaturated/α-hetero) is 1. The van der Waals surface area contributed by atoms with Crippen LogP contribution in [0.3, 0.4) is 0 Å². The molecule has 0 aliphatic carbocycles. The number of rotatable bonds is 9. The van der Waals surface area contributed by atoms with E-state index in [1.165, 1.54) is 24.7 Å². The van der Waals surface area contributed by atoms with E-state index in [2.05, 4.69) is 14.9 Å². The van der Waals surface area contributed by atoms with Crippen LogP contribution in [-0.2, 0) is 10.8 Å². The Morgan fingerprint density at radius 1 is 1.11 bits per heavy atom. The van der Waals surface area contributed by atoms with Gasteiger partial charge in [0.1, 0.15) is 18.2 Å². The maximum atomic E-state index is 14.4. The lowest BCUT2D eigenvalue weighted by atomic mass is 10.1. The molecule has 1 aliphatic heterocycles. The number of halogens is 1. The lowest BCUT2D eigenvalue weighted by Gasteiger charge is -2.31. The molecule has 8 nitrogen and oxygen atoms in total. The predicted octanol–water partition coefficient (Wildman–Crippen LogP) is 4.19. The lowest BCUT2D eigenvalue weighted by molar-refractivity contribution is 0.0774. The number of hydrogen-bond donors (Lipinski definition) is 0. The van der Waals surface area contributed by atoms with E-state index < -0.39 is 16.6 Å². The van der Waals surface area contributed by atoms with Gasteiger partial charge in [-0.1, -0.05) is 0 Å². The van der Waals surface area contributed by atoms with Gasteiger partial charge in [-0.3, -0.25) is 13.9 Å². The number of carbonyl (C=O) groups excluding carboxylic acids is 1. The number of piperidine rings is 1. The highest BCUT2D eigenvalue weighted by molar-refractivity contribution is 7.84. The molecule has 1 fully saturated rings. The highest BCUT2D eigenvalue weighted by atomic mass is 32.2. The number of methoxy groups -OCH3 is 1. The van der Waals surface area contributed by atoms with Crippen molar-refractivity contribution in [3.8, 4) is 23.3 Å². The molecule has 0 amide bonds. The molecule has 1 aromatic heterocycles. The summed E-state index contributed by atoms with van der Waals surface area (Å²) in [7, 11) is 0.301. The zero-order valence-corrected chi connectivity index (χ0v) is 21.2. The minimum Gasteiger partial charge on any atom is -0.497 e. The van der Waals surface area contributed by atoms with Crippen LogP contribution in [0.2, 0.25) is 0 Å². The van der Waals surface area contributed by atoms with E-state index in [1.54, 1.807) is 44.4 Å². The Morgan fingerprint density at radius 2 is 1.81 bits per heavy atom. The number of likely N-dealkylation sites (tertiary alicyclic amines) is 1. The molecule has 190 valence electrons. The van der Waals surface area contributed by atoms with Crippen molar-refractivity contribution >= 4 is 16.6 Å². The average molecular weight is 514 g/mol. The van der Waals surface area contributed by atoms with Gasteiger partial charge in [0.25, 0.3) is 0 Å². The molecule has 2 heterocycles. The highest BCUT2D eigenvalue weighted by Gasteiger charge is 2.24. The molecule has 1 atom stereocenters. The van der Waals surface area contributed by atoms with E-state index in [0.717, 1.165) is 31.7 Å². The van der Waals surface area contributed by atoms with E-state index in [0.29, 0.717) is 28.4 Å². The van der Waals surface area contributed by atoms with Gasteiger partial charge in [0.05, 0.1) is 19.2 Å². The standard InChI is InChI=1S/C26H28FN3O5S/c1-17-25(28-16-29-26(17)35-24-9-8-21(36(3)32)14-22(24)27)34-20-10-12-30(13-11-20)15-23(31)18-4-6-19(33-2)7-5-18/h4-9,14,16,20H,10-13,15H2,1-3H3. The molecule has 0 spiro atoms. The first-order chi connectivity index (χ1) is 17.3. The molecular weight excluding hydrogens is 485 g/mol. The second kappa shape index (κ2) is 11.6. The third-order valence-corrected chi connectivity index (χ3v) is 6.94. The van der Waals surface area contributed by atoms with Crippen molar-refractivity contribution in [2.75, 3.05) is 33.0 Å². The van der Waals surface area contributed by atoms with Crippen molar-refractivity contribution in [2.45, 2.75) is 30.8 Å². The van der Waals surface area contributed by atoms with Gasteiger partial charge in [-0.05, 0) is 62.2 Å². The number of benzene rings is 2. The van der Waals surface area contributed by atoms with Crippen LogP contribution >= 0.6 is 0 Å². The fourth-order valence-electron chi connectivity index (χ4n) is 3.90. The molecule has 2 aromatic carbocycles. The third-order valence-electron chi connectivity index (χ3n) is 6.03. The van der Waals surface area contributed by atoms with E-state index in [-0.39, 0.29) is 23.5 Å². The summed E-state index contributed by atoms with van der Waals surface area (Å²) in [6.45, 7) is 3.53. The van der Waals surface area contributed by atoms with Crippen LogP contribution in [0.4, 0.5) is 4.39 Å². The Labute approximate surface area is 211 Å². The molecule has 1 unspecified atom stereocenters.